The Morgan fingerprint density at radius 2 is 2.08 bits per heavy atom. The van der Waals surface area contributed by atoms with Crippen molar-refractivity contribution in [2.24, 2.45) is 0 Å². The zero-order chi connectivity index (χ0) is 9.52. The highest BCUT2D eigenvalue weighted by molar-refractivity contribution is 7.80. The standard InChI is InChI=1S/C11H12OS/c1-10(13)12-9-5-8-11-6-3-2-4-7-11/h2-8H,9H2,1H3/b8-5+. The van der Waals surface area contributed by atoms with Crippen LogP contribution >= 0.6 is 12.2 Å². The predicted octanol–water partition coefficient (Wildman–Crippen LogP) is 3.06. The highest BCUT2D eigenvalue weighted by Crippen LogP contribution is 2.00. The van der Waals surface area contributed by atoms with Gasteiger partial charge in [-0.05, 0) is 23.9 Å². The molecule has 0 aliphatic carbocycles. The van der Waals surface area contributed by atoms with Gasteiger partial charge in [0.15, 0.2) is 5.05 Å². The van der Waals surface area contributed by atoms with Gasteiger partial charge in [0, 0.05) is 6.92 Å². The van der Waals surface area contributed by atoms with Crippen LogP contribution in [-0.4, -0.2) is 11.7 Å². The summed E-state index contributed by atoms with van der Waals surface area (Å²) in [6.07, 6.45) is 3.96. The number of benzene rings is 1. The van der Waals surface area contributed by atoms with Gasteiger partial charge in [-0.1, -0.05) is 36.4 Å². The minimum Gasteiger partial charge on any atom is -0.483 e. The molecule has 0 saturated carbocycles. The second-order valence-electron chi connectivity index (χ2n) is 2.62. The van der Waals surface area contributed by atoms with Crippen molar-refractivity contribution in [2.75, 3.05) is 6.61 Å². The summed E-state index contributed by atoms with van der Waals surface area (Å²) in [7, 11) is 0. The minimum atomic E-state index is 0.546. The van der Waals surface area contributed by atoms with Gasteiger partial charge >= 0.3 is 0 Å². The average Bonchev–Trinajstić information content (AvgIpc) is 2.14. The zero-order valence-electron chi connectivity index (χ0n) is 7.57. The van der Waals surface area contributed by atoms with Crippen LogP contribution in [0, 0.1) is 0 Å². The smallest absolute Gasteiger partial charge is 0.157 e. The zero-order valence-corrected chi connectivity index (χ0v) is 8.38. The first-order valence-corrected chi connectivity index (χ1v) is 4.55. The van der Waals surface area contributed by atoms with Crippen molar-refractivity contribution in [1.29, 1.82) is 0 Å². The molecule has 0 spiro atoms. The maximum absolute atomic E-state index is 5.11. The highest BCUT2D eigenvalue weighted by atomic mass is 32.1. The molecule has 0 fully saturated rings. The third-order valence-electron chi connectivity index (χ3n) is 1.49. The first-order chi connectivity index (χ1) is 6.29. The average molecular weight is 192 g/mol. The van der Waals surface area contributed by atoms with Crippen molar-refractivity contribution in [3.8, 4) is 0 Å². The van der Waals surface area contributed by atoms with Gasteiger partial charge in [0.2, 0.25) is 0 Å². The summed E-state index contributed by atoms with van der Waals surface area (Å²) in [4.78, 5) is 0. The lowest BCUT2D eigenvalue weighted by atomic mass is 10.2. The number of hydrogen-bond acceptors (Lipinski definition) is 2. The molecular weight excluding hydrogens is 180 g/mol. The summed E-state index contributed by atoms with van der Waals surface area (Å²) in [5.41, 5.74) is 1.17. The molecule has 0 saturated heterocycles. The van der Waals surface area contributed by atoms with E-state index >= 15 is 0 Å². The molecule has 13 heavy (non-hydrogen) atoms. The maximum Gasteiger partial charge on any atom is 0.157 e. The largest absolute Gasteiger partial charge is 0.483 e. The summed E-state index contributed by atoms with van der Waals surface area (Å²) >= 11 is 4.77. The number of ether oxygens (including phenoxy) is 1. The third kappa shape index (κ3) is 4.43. The van der Waals surface area contributed by atoms with E-state index in [9.17, 15) is 0 Å². The Morgan fingerprint density at radius 1 is 1.38 bits per heavy atom. The van der Waals surface area contributed by atoms with Gasteiger partial charge in [-0.3, -0.25) is 0 Å². The van der Waals surface area contributed by atoms with E-state index in [1.807, 2.05) is 42.5 Å². The number of rotatable bonds is 3. The maximum atomic E-state index is 5.11. The van der Waals surface area contributed by atoms with E-state index in [2.05, 4.69) is 0 Å². The van der Waals surface area contributed by atoms with E-state index in [0.29, 0.717) is 11.7 Å². The van der Waals surface area contributed by atoms with Crippen LogP contribution in [0.5, 0.6) is 0 Å². The Bertz CT molecular complexity index is 290. The molecule has 0 atom stereocenters. The molecule has 1 aromatic carbocycles. The summed E-state index contributed by atoms with van der Waals surface area (Å²) in [6, 6.07) is 10.1. The molecule has 1 nitrogen and oxygen atoms in total. The Balaban J connectivity index is 2.37. The molecule has 0 aliphatic rings. The van der Waals surface area contributed by atoms with E-state index in [4.69, 9.17) is 17.0 Å². The molecule has 0 aromatic heterocycles. The van der Waals surface area contributed by atoms with Crippen molar-refractivity contribution < 1.29 is 4.74 Å². The Morgan fingerprint density at radius 3 is 2.69 bits per heavy atom. The highest BCUT2D eigenvalue weighted by Gasteiger charge is 1.84. The summed E-state index contributed by atoms with van der Waals surface area (Å²) in [6.45, 7) is 2.32. The lowest BCUT2D eigenvalue weighted by Crippen LogP contribution is -1.94. The monoisotopic (exact) mass is 192 g/mol. The molecular formula is C11H12OS. The van der Waals surface area contributed by atoms with Gasteiger partial charge in [-0.2, -0.15) is 0 Å². The lowest BCUT2D eigenvalue weighted by Gasteiger charge is -1.97. The summed E-state index contributed by atoms with van der Waals surface area (Å²) < 4.78 is 5.11. The molecule has 1 aromatic rings. The van der Waals surface area contributed by atoms with Crippen LogP contribution in [0.4, 0.5) is 0 Å². The molecule has 0 heterocycles. The first-order valence-electron chi connectivity index (χ1n) is 4.14. The second-order valence-corrected chi connectivity index (χ2v) is 3.19. The number of thiocarbonyl (C=S) groups is 1. The van der Waals surface area contributed by atoms with E-state index < -0.39 is 0 Å². The SMILES string of the molecule is CC(=S)OC/C=C/c1ccccc1. The Labute approximate surface area is 84.0 Å². The van der Waals surface area contributed by atoms with Gasteiger partial charge in [-0.15, -0.1) is 0 Å². The fraction of sp³-hybridized carbons (Fsp3) is 0.182. The van der Waals surface area contributed by atoms with Crippen molar-refractivity contribution in [2.45, 2.75) is 6.92 Å². The molecule has 1 rings (SSSR count). The van der Waals surface area contributed by atoms with Crippen LogP contribution < -0.4 is 0 Å². The van der Waals surface area contributed by atoms with Crippen LogP contribution in [0.25, 0.3) is 6.08 Å². The Hall–Kier alpha value is -1.15. The topological polar surface area (TPSA) is 9.23 Å². The molecule has 2 heteroatoms. The summed E-state index contributed by atoms with van der Waals surface area (Å²) in [5.74, 6) is 0. The van der Waals surface area contributed by atoms with Crippen LogP contribution in [0.2, 0.25) is 0 Å². The third-order valence-corrected chi connectivity index (χ3v) is 1.61. The lowest BCUT2D eigenvalue weighted by molar-refractivity contribution is 0.358. The van der Waals surface area contributed by atoms with Crippen molar-refractivity contribution in [1.82, 2.24) is 0 Å². The number of hydrogen-bond donors (Lipinski definition) is 0. The molecule has 0 unspecified atom stereocenters. The summed E-state index contributed by atoms with van der Waals surface area (Å²) in [5, 5.41) is 0.581. The fourth-order valence-corrected chi connectivity index (χ4v) is 0.982. The van der Waals surface area contributed by atoms with Crippen molar-refractivity contribution in [3.63, 3.8) is 0 Å². The van der Waals surface area contributed by atoms with Crippen LogP contribution in [-0.2, 0) is 4.74 Å². The van der Waals surface area contributed by atoms with E-state index in [1.54, 1.807) is 6.92 Å². The van der Waals surface area contributed by atoms with Crippen molar-refractivity contribution in [3.05, 3.63) is 42.0 Å². The molecule has 68 valence electrons. The van der Waals surface area contributed by atoms with Crippen LogP contribution in [0.1, 0.15) is 12.5 Å². The molecule has 0 bridgehead atoms. The molecule has 0 amide bonds. The quantitative estimate of drug-likeness (QED) is 0.681. The van der Waals surface area contributed by atoms with Crippen LogP contribution in [0.15, 0.2) is 36.4 Å². The Kier molecular flexibility index (Phi) is 4.19. The molecule has 0 N–H and O–H groups in total. The van der Waals surface area contributed by atoms with E-state index in [0.717, 1.165) is 0 Å². The van der Waals surface area contributed by atoms with Crippen LogP contribution in [0.3, 0.4) is 0 Å². The van der Waals surface area contributed by atoms with Gasteiger partial charge in [0.05, 0.1) is 0 Å². The molecule has 0 aliphatic heterocycles. The van der Waals surface area contributed by atoms with Gasteiger partial charge < -0.3 is 4.74 Å². The van der Waals surface area contributed by atoms with Crippen molar-refractivity contribution >= 4 is 23.3 Å². The molecule has 0 radical (unpaired) electrons. The van der Waals surface area contributed by atoms with Gasteiger partial charge in [-0.25, -0.2) is 0 Å². The predicted molar refractivity (Wildman–Crippen MR) is 59.7 cm³/mol. The minimum absolute atomic E-state index is 0.546. The second kappa shape index (κ2) is 5.49. The van der Waals surface area contributed by atoms with E-state index in [-0.39, 0.29) is 0 Å². The van der Waals surface area contributed by atoms with Gasteiger partial charge in [0.25, 0.3) is 0 Å². The first kappa shape index (κ1) is 9.93. The van der Waals surface area contributed by atoms with E-state index in [1.165, 1.54) is 5.56 Å². The fourth-order valence-electron chi connectivity index (χ4n) is 0.914. The van der Waals surface area contributed by atoms with Gasteiger partial charge in [0.1, 0.15) is 6.61 Å². The normalized spacial score (nSPS) is 10.2.